The van der Waals surface area contributed by atoms with Crippen molar-refractivity contribution in [3.05, 3.63) is 63.2 Å². The minimum atomic E-state index is -1.23. The van der Waals surface area contributed by atoms with Crippen LogP contribution in [0.15, 0.2) is 36.4 Å². The fraction of sp³-hybridized carbons (Fsp3) is 0.133. The second kappa shape index (κ2) is 5.62. The van der Waals surface area contributed by atoms with Gasteiger partial charge in [-0.15, -0.1) is 0 Å². The predicted molar refractivity (Wildman–Crippen MR) is 76.0 cm³/mol. The lowest BCUT2D eigenvalue weighted by atomic mass is 10.1. The molecule has 21 heavy (non-hydrogen) atoms. The fourth-order valence-electron chi connectivity index (χ4n) is 1.91. The number of hydrogen-bond donors (Lipinski definition) is 1. The average molecular weight is 287 g/mol. The van der Waals surface area contributed by atoms with E-state index in [1.807, 2.05) is 26.0 Å². The molecule has 0 aliphatic heterocycles. The summed E-state index contributed by atoms with van der Waals surface area (Å²) >= 11 is 0. The molecule has 0 bridgehead atoms. The molecule has 0 aliphatic rings. The number of carbonyl (C=O) groups is 1. The van der Waals surface area contributed by atoms with Crippen molar-refractivity contribution in [3.63, 3.8) is 0 Å². The van der Waals surface area contributed by atoms with E-state index in [2.05, 4.69) is 0 Å². The highest BCUT2D eigenvalue weighted by atomic mass is 16.6. The lowest BCUT2D eigenvalue weighted by Crippen LogP contribution is -2.00. The van der Waals surface area contributed by atoms with E-state index in [0.29, 0.717) is 5.75 Å². The summed E-state index contributed by atoms with van der Waals surface area (Å²) in [4.78, 5) is 21.3. The number of nitro groups is 1. The molecule has 0 saturated carbocycles. The number of hydrogen-bond acceptors (Lipinski definition) is 4. The maximum Gasteiger partial charge on any atom is 0.335 e. The summed E-state index contributed by atoms with van der Waals surface area (Å²) in [6.07, 6.45) is 0. The largest absolute Gasteiger partial charge is 0.478 e. The summed E-state index contributed by atoms with van der Waals surface area (Å²) in [7, 11) is 0. The highest BCUT2D eigenvalue weighted by Crippen LogP contribution is 2.33. The number of aromatic carboxylic acids is 1. The van der Waals surface area contributed by atoms with Crippen LogP contribution < -0.4 is 4.74 Å². The number of ether oxygens (including phenoxy) is 1. The molecule has 0 aliphatic carbocycles. The van der Waals surface area contributed by atoms with Gasteiger partial charge in [-0.05, 0) is 37.6 Å². The second-order valence-corrected chi connectivity index (χ2v) is 4.62. The van der Waals surface area contributed by atoms with Crippen LogP contribution in [0.1, 0.15) is 21.5 Å². The molecule has 1 N–H and O–H groups in total. The van der Waals surface area contributed by atoms with Crippen LogP contribution in [0.25, 0.3) is 0 Å². The fourth-order valence-corrected chi connectivity index (χ4v) is 1.91. The molecule has 0 atom stereocenters. The first-order chi connectivity index (χ1) is 9.88. The summed E-state index contributed by atoms with van der Waals surface area (Å²) in [6, 6.07) is 9.00. The molecular weight excluding hydrogens is 274 g/mol. The van der Waals surface area contributed by atoms with Gasteiger partial charge in [0.05, 0.1) is 10.5 Å². The lowest BCUT2D eigenvalue weighted by Gasteiger charge is -2.10. The van der Waals surface area contributed by atoms with Gasteiger partial charge in [-0.25, -0.2) is 4.79 Å². The number of rotatable bonds is 4. The van der Waals surface area contributed by atoms with Gasteiger partial charge in [0.2, 0.25) is 5.75 Å². The molecule has 0 saturated heterocycles. The Morgan fingerprint density at radius 2 is 1.81 bits per heavy atom. The van der Waals surface area contributed by atoms with E-state index in [4.69, 9.17) is 9.84 Å². The van der Waals surface area contributed by atoms with E-state index >= 15 is 0 Å². The Kier molecular flexibility index (Phi) is 3.89. The smallest absolute Gasteiger partial charge is 0.335 e. The molecule has 0 radical (unpaired) electrons. The van der Waals surface area contributed by atoms with Crippen molar-refractivity contribution in [2.75, 3.05) is 0 Å². The Morgan fingerprint density at radius 1 is 1.14 bits per heavy atom. The highest BCUT2D eigenvalue weighted by molar-refractivity contribution is 5.88. The van der Waals surface area contributed by atoms with E-state index in [-0.39, 0.29) is 17.0 Å². The van der Waals surface area contributed by atoms with Crippen molar-refractivity contribution in [2.45, 2.75) is 13.8 Å². The van der Waals surface area contributed by atoms with Gasteiger partial charge in [0.15, 0.2) is 0 Å². The van der Waals surface area contributed by atoms with E-state index in [1.165, 1.54) is 12.1 Å². The molecule has 6 heteroatoms. The monoisotopic (exact) mass is 287 g/mol. The first-order valence-electron chi connectivity index (χ1n) is 6.15. The van der Waals surface area contributed by atoms with Crippen LogP contribution in [-0.2, 0) is 0 Å². The first-order valence-corrected chi connectivity index (χ1v) is 6.15. The number of benzene rings is 2. The summed E-state index contributed by atoms with van der Waals surface area (Å²) in [5.41, 5.74) is 1.35. The van der Waals surface area contributed by atoms with Crippen LogP contribution in [0.4, 0.5) is 5.69 Å². The molecule has 0 amide bonds. The molecule has 0 unspecified atom stereocenters. The third-order valence-corrected chi connectivity index (χ3v) is 2.95. The Balaban J connectivity index is 2.44. The van der Waals surface area contributed by atoms with E-state index in [0.717, 1.165) is 17.2 Å². The lowest BCUT2D eigenvalue weighted by molar-refractivity contribution is -0.385. The van der Waals surface area contributed by atoms with E-state index < -0.39 is 10.9 Å². The Hall–Kier alpha value is -2.89. The summed E-state index contributed by atoms with van der Waals surface area (Å²) in [5.74, 6) is -0.722. The Labute approximate surface area is 120 Å². The molecule has 108 valence electrons. The normalized spacial score (nSPS) is 10.2. The number of nitro benzene ring substituents is 1. The summed E-state index contributed by atoms with van der Waals surface area (Å²) in [6.45, 7) is 3.76. The van der Waals surface area contributed by atoms with Crippen LogP contribution in [0.3, 0.4) is 0 Å². The summed E-state index contributed by atoms with van der Waals surface area (Å²) in [5, 5.41) is 19.9. The van der Waals surface area contributed by atoms with Crippen molar-refractivity contribution in [3.8, 4) is 11.5 Å². The minimum absolute atomic E-state index is 0.0111. The van der Waals surface area contributed by atoms with Crippen molar-refractivity contribution in [1.29, 1.82) is 0 Å². The van der Waals surface area contributed by atoms with Crippen LogP contribution in [0.2, 0.25) is 0 Å². The minimum Gasteiger partial charge on any atom is -0.478 e. The Morgan fingerprint density at radius 3 is 2.38 bits per heavy atom. The number of carboxylic acids is 1. The number of carboxylic acid groups (broad SMARTS) is 1. The number of aryl methyl sites for hydroxylation is 2. The molecule has 2 aromatic carbocycles. The SMILES string of the molecule is Cc1ccc(Oc2ccc(C(=O)O)cc2[N+](=O)[O-])c(C)c1. The van der Waals surface area contributed by atoms with Gasteiger partial charge in [-0.3, -0.25) is 10.1 Å². The average Bonchev–Trinajstić information content (AvgIpc) is 2.41. The van der Waals surface area contributed by atoms with Gasteiger partial charge in [0.25, 0.3) is 0 Å². The van der Waals surface area contributed by atoms with Gasteiger partial charge in [-0.2, -0.15) is 0 Å². The van der Waals surface area contributed by atoms with E-state index in [9.17, 15) is 14.9 Å². The molecule has 0 spiro atoms. The molecule has 2 rings (SSSR count). The topological polar surface area (TPSA) is 89.7 Å². The zero-order valence-corrected chi connectivity index (χ0v) is 11.5. The summed E-state index contributed by atoms with van der Waals surface area (Å²) < 4.78 is 5.56. The van der Waals surface area contributed by atoms with Crippen molar-refractivity contribution in [1.82, 2.24) is 0 Å². The first kappa shape index (κ1) is 14.5. The molecule has 0 heterocycles. The zero-order chi connectivity index (χ0) is 15.6. The molecule has 0 fully saturated rings. The third kappa shape index (κ3) is 3.17. The van der Waals surface area contributed by atoms with Crippen LogP contribution >= 0.6 is 0 Å². The molecule has 6 nitrogen and oxygen atoms in total. The zero-order valence-electron chi connectivity index (χ0n) is 11.5. The van der Waals surface area contributed by atoms with Gasteiger partial charge in [-0.1, -0.05) is 17.7 Å². The Bertz CT molecular complexity index is 724. The standard InChI is InChI=1S/C15H13NO5/c1-9-3-5-13(10(2)7-9)21-14-6-4-11(15(17)18)8-12(14)16(19)20/h3-8H,1-2H3,(H,17,18). The van der Waals surface area contributed by atoms with Gasteiger partial charge < -0.3 is 9.84 Å². The third-order valence-electron chi connectivity index (χ3n) is 2.95. The second-order valence-electron chi connectivity index (χ2n) is 4.62. The highest BCUT2D eigenvalue weighted by Gasteiger charge is 2.19. The predicted octanol–water partition coefficient (Wildman–Crippen LogP) is 3.70. The number of nitrogens with zero attached hydrogens (tertiary/aromatic N) is 1. The van der Waals surface area contributed by atoms with Crippen LogP contribution in [-0.4, -0.2) is 16.0 Å². The maximum atomic E-state index is 11.1. The van der Waals surface area contributed by atoms with Crippen LogP contribution in [0.5, 0.6) is 11.5 Å². The van der Waals surface area contributed by atoms with Crippen molar-refractivity contribution >= 4 is 11.7 Å². The maximum absolute atomic E-state index is 11.1. The van der Waals surface area contributed by atoms with Crippen LogP contribution in [0, 0.1) is 24.0 Å². The molecule has 2 aromatic rings. The quantitative estimate of drug-likeness (QED) is 0.684. The molecule has 0 aromatic heterocycles. The van der Waals surface area contributed by atoms with Crippen molar-refractivity contribution in [2.24, 2.45) is 0 Å². The van der Waals surface area contributed by atoms with Crippen molar-refractivity contribution < 1.29 is 19.6 Å². The molecular formula is C15H13NO5. The van der Waals surface area contributed by atoms with Gasteiger partial charge in [0, 0.05) is 6.07 Å². The van der Waals surface area contributed by atoms with Gasteiger partial charge >= 0.3 is 11.7 Å². The van der Waals surface area contributed by atoms with E-state index in [1.54, 1.807) is 6.07 Å². The van der Waals surface area contributed by atoms with Gasteiger partial charge in [0.1, 0.15) is 5.75 Å².